The number of rotatable bonds is 5. The molecule has 3 heterocycles. The number of fused-ring (bicyclic) bond motifs is 1. The number of H-pyrrole nitrogens is 1. The van der Waals surface area contributed by atoms with Gasteiger partial charge in [0.25, 0.3) is 0 Å². The number of piperidine rings is 1. The fraction of sp³-hybridized carbons (Fsp3) is 0.400. The van der Waals surface area contributed by atoms with E-state index in [9.17, 15) is 4.79 Å². The number of nitrogens with zero attached hydrogens (tertiary/aromatic N) is 2. The summed E-state index contributed by atoms with van der Waals surface area (Å²) >= 11 is 0. The van der Waals surface area contributed by atoms with Gasteiger partial charge in [-0.3, -0.25) is 9.48 Å². The molecule has 0 atom stereocenters. The number of aromatic nitrogens is 3. The fourth-order valence-corrected chi connectivity index (χ4v) is 4.05. The summed E-state index contributed by atoms with van der Waals surface area (Å²) in [6.07, 6.45) is 8.01. The van der Waals surface area contributed by atoms with Crippen LogP contribution in [0.3, 0.4) is 0 Å². The fourth-order valence-electron chi connectivity index (χ4n) is 4.05. The molecule has 4 rings (SSSR count). The highest BCUT2D eigenvalue weighted by atomic mass is 16.2. The van der Waals surface area contributed by atoms with Gasteiger partial charge in [0.2, 0.25) is 5.91 Å². The summed E-state index contributed by atoms with van der Waals surface area (Å²) in [7, 11) is 0. The Morgan fingerprint density at radius 1 is 1.31 bits per heavy atom. The van der Waals surface area contributed by atoms with Crippen LogP contribution in [0.5, 0.6) is 0 Å². The van der Waals surface area contributed by atoms with Crippen molar-refractivity contribution in [1.82, 2.24) is 25.4 Å². The molecule has 1 aliphatic heterocycles. The lowest BCUT2D eigenvalue weighted by atomic mass is 9.87. The summed E-state index contributed by atoms with van der Waals surface area (Å²) in [6, 6.07) is 8.16. The quantitative estimate of drug-likeness (QED) is 0.659. The minimum absolute atomic E-state index is 0.0688. The molecule has 26 heavy (non-hydrogen) atoms. The first-order valence-corrected chi connectivity index (χ1v) is 9.25. The summed E-state index contributed by atoms with van der Waals surface area (Å²) in [5.41, 5.74) is 3.08. The van der Waals surface area contributed by atoms with Crippen molar-refractivity contribution in [2.75, 3.05) is 19.6 Å². The molecule has 0 saturated carbocycles. The van der Waals surface area contributed by atoms with Gasteiger partial charge in [-0.2, -0.15) is 5.10 Å². The first kappa shape index (κ1) is 16.8. The van der Waals surface area contributed by atoms with E-state index in [0.29, 0.717) is 6.54 Å². The minimum atomic E-state index is -0.578. The van der Waals surface area contributed by atoms with E-state index in [-0.39, 0.29) is 5.91 Å². The lowest BCUT2D eigenvalue weighted by Crippen LogP contribution is -2.54. The highest BCUT2D eigenvalue weighted by Gasteiger charge is 2.41. The monoisotopic (exact) mass is 351 g/mol. The van der Waals surface area contributed by atoms with Gasteiger partial charge < -0.3 is 15.6 Å². The van der Waals surface area contributed by atoms with Gasteiger partial charge in [0.15, 0.2) is 0 Å². The molecule has 3 aromatic rings. The van der Waals surface area contributed by atoms with Gasteiger partial charge in [-0.05, 0) is 62.5 Å². The second-order valence-corrected chi connectivity index (χ2v) is 7.05. The maximum absolute atomic E-state index is 13.1. The molecule has 136 valence electrons. The predicted molar refractivity (Wildman–Crippen MR) is 102 cm³/mol. The largest absolute Gasteiger partial charge is 0.361 e. The van der Waals surface area contributed by atoms with E-state index in [2.05, 4.69) is 52.0 Å². The van der Waals surface area contributed by atoms with Crippen LogP contribution in [-0.2, 0) is 16.8 Å². The van der Waals surface area contributed by atoms with E-state index in [1.807, 2.05) is 16.9 Å². The standard InChI is InChI=1S/C20H25N5O/c1-15-4-2-5-17-18(15)16(14-23-17)6-10-22-19(26)20(7-11-21-12-8-20)25-13-3-9-24-25/h2-5,9,13-14,21,23H,6-8,10-12H2,1H3,(H,22,26). The van der Waals surface area contributed by atoms with E-state index in [1.54, 1.807) is 6.20 Å². The van der Waals surface area contributed by atoms with Crippen molar-refractivity contribution in [2.24, 2.45) is 0 Å². The number of benzene rings is 1. The van der Waals surface area contributed by atoms with Crippen LogP contribution >= 0.6 is 0 Å². The number of hydrogen-bond acceptors (Lipinski definition) is 3. The van der Waals surface area contributed by atoms with Gasteiger partial charge in [-0.1, -0.05) is 12.1 Å². The van der Waals surface area contributed by atoms with Crippen molar-refractivity contribution in [2.45, 2.75) is 31.7 Å². The minimum Gasteiger partial charge on any atom is -0.361 e. The number of amides is 1. The Morgan fingerprint density at radius 3 is 2.92 bits per heavy atom. The molecule has 0 radical (unpaired) electrons. The molecule has 6 heteroatoms. The third-order valence-corrected chi connectivity index (χ3v) is 5.47. The van der Waals surface area contributed by atoms with Crippen LogP contribution in [0.15, 0.2) is 42.9 Å². The number of carbonyl (C=O) groups excluding carboxylic acids is 1. The maximum atomic E-state index is 13.1. The third-order valence-electron chi connectivity index (χ3n) is 5.47. The zero-order chi connectivity index (χ0) is 18.0. The van der Waals surface area contributed by atoms with Crippen LogP contribution in [-0.4, -0.2) is 40.3 Å². The van der Waals surface area contributed by atoms with Gasteiger partial charge in [0.1, 0.15) is 5.54 Å². The van der Waals surface area contributed by atoms with Crippen LogP contribution in [0.4, 0.5) is 0 Å². The number of nitrogens with one attached hydrogen (secondary N) is 3. The van der Waals surface area contributed by atoms with Gasteiger partial charge >= 0.3 is 0 Å². The zero-order valence-corrected chi connectivity index (χ0v) is 15.1. The molecule has 1 amide bonds. The van der Waals surface area contributed by atoms with E-state index >= 15 is 0 Å². The molecule has 1 aliphatic rings. The van der Waals surface area contributed by atoms with Crippen molar-refractivity contribution in [3.63, 3.8) is 0 Å². The summed E-state index contributed by atoms with van der Waals surface area (Å²) in [6.45, 7) is 4.40. The highest BCUT2D eigenvalue weighted by Crippen LogP contribution is 2.27. The SMILES string of the molecule is Cc1cccc2[nH]cc(CCNC(=O)C3(n4cccn4)CCNCC3)c12. The molecule has 0 bridgehead atoms. The summed E-state index contributed by atoms with van der Waals surface area (Å²) in [5.74, 6) is 0.0688. The maximum Gasteiger partial charge on any atom is 0.248 e. The Hall–Kier alpha value is -2.60. The third kappa shape index (κ3) is 2.90. The molecule has 6 nitrogen and oxygen atoms in total. The number of aryl methyl sites for hydroxylation is 1. The summed E-state index contributed by atoms with van der Waals surface area (Å²) < 4.78 is 1.83. The second-order valence-electron chi connectivity index (χ2n) is 7.05. The Morgan fingerprint density at radius 2 is 2.15 bits per heavy atom. The molecular weight excluding hydrogens is 326 g/mol. The summed E-state index contributed by atoms with van der Waals surface area (Å²) in [5, 5.41) is 12.1. The molecular formula is C20H25N5O. The van der Waals surface area contributed by atoms with Crippen LogP contribution in [0.25, 0.3) is 10.9 Å². The number of aromatic amines is 1. The van der Waals surface area contributed by atoms with Gasteiger partial charge in [0, 0.05) is 36.0 Å². The van der Waals surface area contributed by atoms with Crippen molar-refractivity contribution in [3.05, 3.63) is 54.0 Å². The average Bonchev–Trinajstić information content (AvgIpc) is 3.33. The van der Waals surface area contributed by atoms with Crippen LogP contribution in [0.1, 0.15) is 24.0 Å². The predicted octanol–water partition coefficient (Wildman–Crippen LogP) is 2.11. The van der Waals surface area contributed by atoms with Gasteiger partial charge in [-0.25, -0.2) is 0 Å². The first-order chi connectivity index (χ1) is 12.7. The smallest absolute Gasteiger partial charge is 0.248 e. The molecule has 1 aromatic carbocycles. The summed E-state index contributed by atoms with van der Waals surface area (Å²) in [4.78, 5) is 16.4. The van der Waals surface area contributed by atoms with Crippen molar-refractivity contribution >= 4 is 16.8 Å². The van der Waals surface area contributed by atoms with Crippen molar-refractivity contribution < 1.29 is 4.79 Å². The zero-order valence-electron chi connectivity index (χ0n) is 15.1. The second kappa shape index (κ2) is 6.96. The highest BCUT2D eigenvalue weighted by molar-refractivity contribution is 5.87. The van der Waals surface area contributed by atoms with Gasteiger partial charge in [-0.15, -0.1) is 0 Å². The molecule has 3 N–H and O–H groups in total. The molecule has 0 aliphatic carbocycles. The van der Waals surface area contributed by atoms with Crippen molar-refractivity contribution in [3.8, 4) is 0 Å². The van der Waals surface area contributed by atoms with Crippen LogP contribution in [0, 0.1) is 6.92 Å². The average molecular weight is 351 g/mol. The Bertz CT molecular complexity index is 890. The van der Waals surface area contributed by atoms with E-state index in [0.717, 1.165) is 37.9 Å². The number of carbonyl (C=O) groups is 1. The topological polar surface area (TPSA) is 74.7 Å². The molecule has 1 saturated heterocycles. The first-order valence-electron chi connectivity index (χ1n) is 9.25. The Labute approximate surface area is 153 Å². The number of hydrogen-bond donors (Lipinski definition) is 3. The van der Waals surface area contributed by atoms with Crippen molar-refractivity contribution in [1.29, 1.82) is 0 Å². The molecule has 2 aromatic heterocycles. The molecule has 0 unspecified atom stereocenters. The van der Waals surface area contributed by atoms with E-state index < -0.39 is 5.54 Å². The molecule has 0 spiro atoms. The lowest BCUT2D eigenvalue weighted by molar-refractivity contribution is -0.131. The van der Waals surface area contributed by atoms with E-state index in [4.69, 9.17) is 0 Å². The van der Waals surface area contributed by atoms with Crippen LogP contribution < -0.4 is 10.6 Å². The Balaban J connectivity index is 1.47. The van der Waals surface area contributed by atoms with Gasteiger partial charge in [0.05, 0.1) is 0 Å². The molecule has 1 fully saturated rings. The lowest BCUT2D eigenvalue weighted by Gasteiger charge is -2.36. The Kier molecular flexibility index (Phi) is 4.51. The van der Waals surface area contributed by atoms with Crippen LogP contribution in [0.2, 0.25) is 0 Å². The normalized spacial score (nSPS) is 16.7. The van der Waals surface area contributed by atoms with E-state index in [1.165, 1.54) is 16.5 Å².